The number of ether oxygens (including phenoxy) is 1. The Labute approximate surface area is 140 Å². The zero-order chi connectivity index (χ0) is 16.4. The number of phenols is 1. The Kier molecular flexibility index (Phi) is 4.22. The average molecular weight is 353 g/mol. The number of aromatic nitrogens is 4. The van der Waals surface area contributed by atoms with Gasteiger partial charge in [-0.2, -0.15) is 4.68 Å². The second kappa shape index (κ2) is 6.31. The van der Waals surface area contributed by atoms with Gasteiger partial charge < -0.3 is 9.84 Å². The van der Waals surface area contributed by atoms with Crippen molar-refractivity contribution in [2.24, 2.45) is 0 Å². The summed E-state index contributed by atoms with van der Waals surface area (Å²) in [6, 6.07) is 9.40. The Balaban J connectivity index is 1.94. The minimum absolute atomic E-state index is 0.0370. The van der Waals surface area contributed by atoms with Gasteiger partial charge in [-0.3, -0.25) is 0 Å². The molecule has 7 nitrogen and oxygen atoms in total. The van der Waals surface area contributed by atoms with Crippen LogP contribution in [-0.4, -0.2) is 25.3 Å². The first-order chi connectivity index (χ1) is 11.1. The fourth-order valence-corrected chi connectivity index (χ4v) is 2.45. The van der Waals surface area contributed by atoms with E-state index in [0.29, 0.717) is 22.0 Å². The quantitative estimate of drug-likeness (QED) is 0.752. The summed E-state index contributed by atoms with van der Waals surface area (Å²) in [5.74, 6) is 0.415. The van der Waals surface area contributed by atoms with Crippen molar-refractivity contribution < 1.29 is 9.84 Å². The Morgan fingerprint density at radius 1 is 1.22 bits per heavy atom. The first kappa shape index (κ1) is 15.4. The SMILES string of the molecule is O=c1[nH]nnn1-c1cccc(Cl)c1COc1ccc(O)cc1Cl. The van der Waals surface area contributed by atoms with Gasteiger partial charge in [-0.1, -0.05) is 29.3 Å². The minimum atomic E-state index is -0.490. The van der Waals surface area contributed by atoms with Gasteiger partial charge in [-0.15, -0.1) is 0 Å². The molecule has 0 unspecified atom stereocenters. The third kappa shape index (κ3) is 3.15. The van der Waals surface area contributed by atoms with E-state index in [2.05, 4.69) is 15.5 Å². The molecular weight excluding hydrogens is 343 g/mol. The summed E-state index contributed by atoms with van der Waals surface area (Å²) in [5, 5.41) is 19.4. The Morgan fingerprint density at radius 2 is 2.04 bits per heavy atom. The Hall–Kier alpha value is -2.51. The van der Waals surface area contributed by atoms with Crippen molar-refractivity contribution in [3.63, 3.8) is 0 Å². The normalized spacial score (nSPS) is 10.7. The van der Waals surface area contributed by atoms with Crippen molar-refractivity contribution in [1.82, 2.24) is 20.2 Å². The Morgan fingerprint density at radius 3 is 2.74 bits per heavy atom. The molecule has 0 spiro atoms. The molecule has 0 fully saturated rings. The number of halogens is 2. The van der Waals surface area contributed by atoms with Crippen molar-refractivity contribution in [3.05, 3.63) is 62.5 Å². The lowest BCUT2D eigenvalue weighted by atomic mass is 10.2. The molecule has 0 saturated carbocycles. The number of tetrazole rings is 1. The van der Waals surface area contributed by atoms with Gasteiger partial charge in [0.2, 0.25) is 0 Å². The fraction of sp³-hybridized carbons (Fsp3) is 0.0714. The van der Waals surface area contributed by atoms with Crippen molar-refractivity contribution in [2.45, 2.75) is 6.61 Å². The van der Waals surface area contributed by atoms with E-state index >= 15 is 0 Å². The molecule has 0 atom stereocenters. The molecule has 1 aromatic heterocycles. The number of hydrogen-bond donors (Lipinski definition) is 2. The predicted octanol–water partition coefficient (Wildman–Crippen LogP) is 2.55. The third-order valence-electron chi connectivity index (χ3n) is 3.08. The van der Waals surface area contributed by atoms with Crippen LogP contribution in [0, 0.1) is 0 Å². The fourth-order valence-electron chi connectivity index (χ4n) is 2.00. The lowest BCUT2D eigenvalue weighted by molar-refractivity contribution is 0.305. The molecular formula is C14H10Cl2N4O3. The van der Waals surface area contributed by atoms with Crippen LogP contribution in [0.5, 0.6) is 11.5 Å². The van der Waals surface area contributed by atoms with Gasteiger partial charge in [0.15, 0.2) is 0 Å². The lowest BCUT2D eigenvalue weighted by Gasteiger charge is -2.12. The van der Waals surface area contributed by atoms with Crippen LogP contribution < -0.4 is 10.4 Å². The number of hydrogen-bond acceptors (Lipinski definition) is 5. The highest BCUT2D eigenvalue weighted by Gasteiger charge is 2.14. The van der Waals surface area contributed by atoms with Gasteiger partial charge in [0.25, 0.3) is 0 Å². The average Bonchev–Trinajstić information content (AvgIpc) is 2.93. The van der Waals surface area contributed by atoms with Crippen LogP contribution in [0.3, 0.4) is 0 Å². The van der Waals surface area contributed by atoms with E-state index in [9.17, 15) is 9.90 Å². The highest BCUT2D eigenvalue weighted by atomic mass is 35.5. The van der Waals surface area contributed by atoms with Gasteiger partial charge in [-0.25, -0.2) is 9.89 Å². The maximum Gasteiger partial charge on any atom is 0.365 e. The van der Waals surface area contributed by atoms with Gasteiger partial charge in [-0.05, 0) is 34.7 Å². The van der Waals surface area contributed by atoms with E-state index in [0.717, 1.165) is 4.68 Å². The maximum atomic E-state index is 11.7. The molecule has 2 N–H and O–H groups in total. The van der Waals surface area contributed by atoms with E-state index in [4.69, 9.17) is 27.9 Å². The third-order valence-corrected chi connectivity index (χ3v) is 3.73. The molecule has 0 aliphatic rings. The molecule has 0 radical (unpaired) electrons. The largest absolute Gasteiger partial charge is 0.508 e. The molecule has 0 aliphatic heterocycles. The number of nitrogens with one attached hydrogen (secondary N) is 1. The molecule has 0 aliphatic carbocycles. The number of phenolic OH excluding ortho intramolecular Hbond substituents is 1. The predicted molar refractivity (Wildman–Crippen MR) is 84.4 cm³/mol. The smallest absolute Gasteiger partial charge is 0.365 e. The molecule has 0 saturated heterocycles. The summed E-state index contributed by atoms with van der Waals surface area (Å²) in [4.78, 5) is 11.7. The number of nitrogens with zero attached hydrogens (tertiary/aromatic N) is 3. The van der Waals surface area contributed by atoms with Gasteiger partial charge in [0.05, 0.1) is 10.7 Å². The number of aromatic hydroxyl groups is 1. The first-order valence-corrected chi connectivity index (χ1v) is 7.21. The molecule has 118 valence electrons. The lowest BCUT2D eigenvalue weighted by Crippen LogP contribution is -2.18. The van der Waals surface area contributed by atoms with Crippen LogP contribution in [0.15, 0.2) is 41.2 Å². The second-order valence-electron chi connectivity index (χ2n) is 4.56. The van der Waals surface area contributed by atoms with E-state index in [1.54, 1.807) is 18.2 Å². The van der Waals surface area contributed by atoms with Crippen LogP contribution in [-0.2, 0) is 6.61 Å². The monoisotopic (exact) mass is 352 g/mol. The highest BCUT2D eigenvalue weighted by Crippen LogP contribution is 2.30. The molecule has 1 heterocycles. The topological polar surface area (TPSA) is 93.0 Å². The number of H-pyrrole nitrogens is 1. The zero-order valence-corrected chi connectivity index (χ0v) is 13.0. The summed E-state index contributed by atoms with van der Waals surface area (Å²) in [6.45, 7) is 0.0544. The molecule has 0 amide bonds. The van der Waals surface area contributed by atoms with E-state index in [1.807, 2.05) is 0 Å². The van der Waals surface area contributed by atoms with Crippen molar-refractivity contribution in [2.75, 3.05) is 0 Å². The van der Waals surface area contributed by atoms with E-state index in [-0.39, 0.29) is 17.4 Å². The molecule has 3 aromatic rings. The van der Waals surface area contributed by atoms with Crippen LogP contribution in [0.4, 0.5) is 0 Å². The van der Waals surface area contributed by atoms with Crippen molar-refractivity contribution in [1.29, 1.82) is 0 Å². The molecule has 23 heavy (non-hydrogen) atoms. The second-order valence-corrected chi connectivity index (χ2v) is 5.37. The number of aromatic amines is 1. The molecule has 9 heteroatoms. The molecule has 0 bridgehead atoms. The van der Waals surface area contributed by atoms with Crippen LogP contribution in [0.25, 0.3) is 5.69 Å². The first-order valence-electron chi connectivity index (χ1n) is 6.45. The summed E-state index contributed by atoms with van der Waals surface area (Å²) >= 11 is 12.2. The molecule has 3 rings (SSSR count). The van der Waals surface area contributed by atoms with Crippen LogP contribution >= 0.6 is 23.2 Å². The summed E-state index contributed by atoms with van der Waals surface area (Å²) < 4.78 is 6.72. The highest BCUT2D eigenvalue weighted by molar-refractivity contribution is 6.32. The number of rotatable bonds is 4. The van der Waals surface area contributed by atoms with Crippen molar-refractivity contribution >= 4 is 23.2 Å². The van der Waals surface area contributed by atoms with E-state index < -0.39 is 5.69 Å². The molecule has 2 aromatic carbocycles. The van der Waals surface area contributed by atoms with Gasteiger partial charge >= 0.3 is 5.69 Å². The van der Waals surface area contributed by atoms with E-state index in [1.165, 1.54) is 18.2 Å². The minimum Gasteiger partial charge on any atom is -0.508 e. The van der Waals surface area contributed by atoms with Gasteiger partial charge in [0, 0.05) is 16.7 Å². The summed E-state index contributed by atoms with van der Waals surface area (Å²) in [7, 11) is 0. The zero-order valence-electron chi connectivity index (χ0n) is 11.5. The van der Waals surface area contributed by atoms with Crippen molar-refractivity contribution in [3.8, 4) is 17.2 Å². The van der Waals surface area contributed by atoms with Gasteiger partial charge in [0.1, 0.15) is 18.1 Å². The van der Waals surface area contributed by atoms with Crippen LogP contribution in [0.1, 0.15) is 5.56 Å². The maximum absolute atomic E-state index is 11.7. The van der Waals surface area contributed by atoms with Crippen LogP contribution in [0.2, 0.25) is 10.0 Å². The summed E-state index contributed by atoms with van der Waals surface area (Å²) in [6.07, 6.45) is 0. The number of benzene rings is 2. The Bertz CT molecular complexity index is 907. The standard InChI is InChI=1S/C14H10Cl2N4O3/c15-10-2-1-3-12(20-14(22)17-18-19-20)9(10)7-23-13-5-4-8(21)6-11(13)16/h1-6,21H,7H2,(H,17,19,22). The summed E-state index contributed by atoms with van der Waals surface area (Å²) in [5.41, 5.74) is 0.511.